The number of phenolic OH excluding ortho intramolecular Hbond substituents is 2. The van der Waals surface area contributed by atoms with Crippen molar-refractivity contribution < 1.29 is 10.2 Å². The van der Waals surface area contributed by atoms with E-state index in [4.69, 9.17) is 11.6 Å². The van der Waals surface area contributed by atoms with E-state index in [1.54, 1.807) is 36.4 Å². The van der Waals surface area contributed by atoms with Crippen LogP contribution in [-0.2, 0) is 0 Å². The molecule has 0 radical (unpaired) electrons. The molecule has 2 rings (SSSR count). The van der Waals surface area contributed by atoms with Gasteiger partial charge in [0.05, 0.1) is 0 Å². The highest BCUT2D eigenvalue weighted by Gasteiger charge is 2.08. The lowest BCUT2D eigenvalue weighted by Crippen LogP contribution is -1.80. The zero-order valence-electron chi connectivity index (χ0n) is 7.81. The molecule has 0 atom stereocenters. The maximum atomic E-state index is 9.64. The molecular formula is C12H9ClO2. The van der Waals surface area contributed by atoms with E-state index in [-0.39, 0.29) is 11.5 Å². The van der Waals surface area contributed by atoms with Crippen molar-refractivity contribution in [3.8, 4) is 22.6 Å². The number of hydrogen-bond donors (Lipinski definition) is 2. The lowest BCUT2D eigenvalue weighted by Gasteiger charge is -2.06. The van der Waals surface area contributed by atoms with Gasteiger partial charge in [-0.15, -0.1) is 0 Å². The Kier molecular flexibility index (Phi) is 2.52. The second-order valence-corrected chi connectivity index (χ2v) is 3.62. The molecule has 76 valence electrons. The van der Waals surface area contributed by atoms with Gasteiger partial charge in [-0.2, -0.15) is 0 Å². The van der Waals surface area contributed by atoms with Gasteiger partial charge >= 0.3 is 0 Å². The van der Waals surface area contributed by atoms with Gasteiger partial charge in [-0.1, -0.05) is 29.8 Å². The third kappa shape index (κ3) is 1.90. The lowest BCUT2D eigenvalue weighted by molar-refractivity contribution is 0.469. The Morgan fingerprint density at radius 3 is 2.20 bits per heavy atom. The molecule has 0 bridgehead atoms. The van der Waals surface area contributed by atoms with Gasteiger partial charge in [0, 0.05) is 16.1 Å². The SMILES string of the molecule is Oc1ccccc1-c1cc(Cl)ccc1O. The van der Waals surface area contributed by atoms with Crippen LogP contribution in [0.4, 0.5) is 0 Å². The first-order valence-corrected chi connectivity index (χ1v) is 4.83. The molecule has 0 aliphatic heterocycles. The quantitative estimate of drug-likeness (QED) is 0.773. The van der Waals surface area contributed by atoms with Gasteiger partial charge in [0.25, 0.3) is 0 Å². The zero-order valence-corrected chi connectivity index (χ0v) is 8.57. The summed E-state index contributed by atoms with van der Waals surface area (Å²) < 4.78 is 0. The van der Waals surface area contributed by atoms with E-state index in [1.807, 2.05) is 0 Å². The van der Waals surface area contributed by atoms with Crippen molar-refractivity contribution in [3.05, 3.63) is 47.5 Å². The Balaban J connectivity index is 2.64. The molecule has 0 fully saturated rings. The number of phenols is 2. The van der Waals surface area contributed by atoms with E-state index in [0.29, 0.717) is 16.1 Å². The normalized spacial score (nSPS) is 10.2. The highest BCUT2D eigenvalue weighted by molar-refractivity contribution is 6.31. The van der Waals surface area contributed by atoms with Crippen LogP contribution in [0.2, 0.25) is 5.02 Å². The lowest BCUT2D eigenvalue weighted by atomic mass is 10.0. The third-order valence-corrected chi connectivity index (χ3v) is 2.39. The van der Waals surface area contributed by atoms with E-state index < -0.39 is 0 Å². The predicted molar refractivity (Wildman–Crippen MR) is 60.2 cm³/mol. The van der Waals surface area contributed by atoms with E-state index >= 15 is 0 Å². The van der Waals surface area contributed by atoms with Gasteiger partial charge in [0.2, 0.25) is 0 Å². The van der Waals surface area contributed by atoms with Crippen molar-refractivity contribution in [3.63, 3.8) is 0 Å². The Morgan fingerprint density at radius 2 is 1.47 bits per heavy atom. The van der Waals surface area contributed by atoms with E-state index in [1.165, 1.54) is 6.07 Å². The molecule has 0 unspecified atom stereocenters. The van der Waals surface area contributed by atoms with Gasteiger partial charge in [-0.05, 0) is 24.3 Å². The largest absolute Gasteiger partial charge is 0.507 e. The van der Waals surface area contributed by atoms with Crippen LogP contribution in [0.5, 0.6) is 11.5 Å². The summed E-state index contributed by atoms with van der Waals surface area (Å²) in [5.74, 6) is 0.218. The average molecular weight is 221 g/mol. The molecule has 15 heavy (non-hydrogen) atoms. The number of halogens is 1. The summed E-state index contributed by atoms with van der Waals surface area (Å²) in [5.41, 5.74) is 1.10. The molecule has 2 aromatic rings. The minimum absolute atomic E-state index is 0.0981. The van der Waals surface area contributed by atoms with Crippen LogP contribution in [0.3, 0.4) is 0 Å². The van der Waals surface area contributed by atoms with Crippen molar-refractivity contribution >= 4 is 11.6 Å². The summed E-state index contributed by atoms with van der Waals surface area (Å²) in [6.07, 6.45) is 0. The van der Waals surface area contributed by atoms with Gasteiger partial charge in [-0.3, -0.25) is 0 Å². The standard InChI is InChI=1S/C12H9ClO2/c13-8-5-6-12(15)10(7-8)9-3-1-2-4-11(9)14/h1-7,14-15H. The first-order chi connectivity index (χ1) is 7.18. The molecule has 2 N–H and O–H groups in total. The van der Waals surface area contributed by atoms with Crippen molar-refractivity contribution in [2.45, 2.75) is 0 Å². The van der Waals surface area contributed by atoms with Crippen molar-refractivity contribution in [2.24, 2.45) is 0 Å². The number of benzene rings is 2. The Morgan fingerprint density at radius 1 is 0.800 bits per heavy atom. The van der Waals surface area contributed by atoms with Crippen LogP contribution in [0.1, 0.15) is 0 Å². The molecule has 0 saturated heterocycles. The summed E-state index contributed by atoms with van der Waals surface area (Å²) in [7, 11) is 0. The highest BCUT2D eigenvalue weighted by Crippen LogP contribution is 2.36. The minimum Gasteiger partial charge on any atom is -0.507 e. The fourth-order valence-corrected chi connectivity index (χ4v) is 1.60. The monoisotopic (exact) mass is 220 g/mol. The summed E-state index contributed by atoms with van der Waals surface area (Å²) in [4.78, 5) is 0. The Labute approximate surface area is 92.4 Å². The van der Waals surface area contributed by atoms with Crippen LogP contribution in [0, 0.1) is 0 Å². The van der Waals surface area contributed by atoms with Crippen LogP contribution in [0.15, 0.2) is 42.5 Å². The fourth-order valence-electron chi connectivity index (χ4n) is 1.43. The summed E-state index contributed by atoms with van der Waals surface area (Å²) in [6.45, 7) is 0. The first kappa shape index (κ1) is 9.87. The van der Waals surface area contributed by atoms with Gasteiger partial charge < -0.3 is 10.2 Å². The Hall–Kier alpha value is -1.67. The fraction of sp³-hybridized carbons (Fsp3) is 0. The summed E-state index contributed by atoms with van der Waals surface area (Å²) in [5, 5.41) is 19.8. The second kappa shape index (κ2) is 3.83. The molecule has 2 nitrogen and oxygen atoms in total. The van der Waals surface area contributed by atoms with Crippen LogP contribution >= 0.6 is 11.6 Å². The van der Waals surface area contributed by atoms with Crippen LogP contribution < -0.4 is 0 Å². The van der Waals surface area contributed by atoms with E-state index in [2.05, 4.69) is 0 Å². The van der Waals surface area contributed by atoms with E-state index in [9.17, 15) is 10.2 Å². The number of para-hydroxylation sites is 1. The Bertz CT molecular complexity index is 495. The predicted octanol–water partition coefficient (Wildman–Crippen LogP) is 3.42. The molecule has 0 saturated carbocycles. The summed E-state index contributed by atoms with van der Waals surface area (Å²) in [6, 6.07) is 11.5. The van der Waals surface area contributed by atoms with Crippen molar-refractivity contribution in [1.82, 2.24) is 0 Å². The molecule has 0 aliphatic carbocycles. The average Bonchev–Trinajstić information content (AvgIpc) is 2.23. The third-order valence-electron chi connectivity index (χ3n) is 2.15. The van der Waals surface area contributed by atoms with Crippen molar-refractivity contribution in [2.75, 3.05) is 0 Å². The van der Waals surface area contributed by atoms with Gasteiger partial charge in [0.1, 0.15) is 11.5 Å². The molecule has 0 spiro atoms. The van der Waals surface area contributed by atoms with Gasteiger partial charge in [-0.25, -0.2) is 0 Å². The van der Waals surface area contributed by atoms with Crippen LogP contribution in [-0.4, -0.2) is 10.2 Å². The van der Waals surface area contributed by atoms with E-state index in [0.717, 1.165) is 0 Å². The maximum absolute atomic E-state index is 9.64. The highest BCUT2D eigenvalue weighted by atomic mass is 35.5. The summed E-state index contributed by atoms with van der Waals surface area (Å²) >= 11 is 5.83. The van der Waals surface area contributed by atoms with Crippen molar-refractivity contribution in [1.29, 1.82) is 0 Å². The molecule has 0 aromatic heterocycles. The minimum atomic E-state index is 0.0981. The topological polar surface area (TPSA) is 40.5 Å². The molecule has 3 heteroatoms. The zero-order chi connectivity index (χ0) is 10.8. The number of aromatic hydroxyl groups is 2. The number of rotatable bonds is 1. The molecule has 0 heterocycles. The smallest absolute Gasteiger partial charge is 0.123 e. The molecule has 0 amide bonds. The first-order valence-electron chi connectivity index (χ1n) is 4.45. The molecular weight excluding hydrogens is 212 g/mol. The van der Waals surface area contributed by atoms with Gasteiger partial charge in [0.15, 0.2) is 0 Å². The van der Waals surface area contributed by atoms with Crippen LogP contribution in [0.25, 0.3) is 11.1 Å². The molecule has 0 aliphatic rings. The molecule has 2 aromatic carbocycles. The number of hydrogen-bond acceptors (Lipinski definition) is 2. The maximum Gasteiger partial charge on any atom is 0.123 e. The second-order valence-electron chi connectivity index (χ2n) is 3.18.